The highest BCUT2D eigenvalue weighted by molar-refractivity contribution is 8.14. The van der Waals surface area contributed by atoms with E-state index in [1.165, 1.54) is 23.5 Å². The van der Waals surface area contributed by atoms with Crippen molar-refractivity contribution in [2.45, 2.75) is 24.6 Å². The van der Waals surface area contributed by atoms with E-state index < -0.39 is 0 Å². The van der Waals surface area contributed by atoms with E-state index >= 15 is 0 Å². The van der Waals surface area contributed by atoms with Crippen molar-refractivity contribution < 1.29 is 58.8 Å². The Bertz CT molecular complexity index is 170. The molecule has 0 aliphatic carbocycles. The quantitative estimate of drug-likeness (QED) is 0.0970. The molecule has 2 atom stereocenters. The number of hydrogen-bond donors (Lipinski definition) is 6. The molecule has 0 radical (unpaired) electrons. The van der Waals surface area contributed by atoms with Gasteiger partial charge in [0.05, 0.1) is 10.7 Å². The molecule has 0 heterocycles. The summed E-state index contributed by atoms with van der Waals surface area (Å²) in [5.41, 5.74) is 20.7. The summed E-state index contributed by atoms with van der Waals surface area (Å²) in [5.74, 6) is 0. The first-order valence-electron chi connectivity index (χ1n) is 3.86. The molecule has 2 unspecified atom stereocenters. The Labute approximate surface area is 139 Å². The summed E-state index contributed by atoms with van der Waals surface area (Å²) in [6, 6.07) is 0. The summed E-state index contributed by atoms with van der Waals surface area (Å²) in [5, 5.41) is 10.8. The van der Waals surface area contributed by atoms with Gasteiger partial charge < -0.3 is 59.4 Å². The molecule has 12 N–H and O–H groups in total. The maximum Gasteiger partial charge on any atom is 0.301 e. The SMILES string of the molecule is CC(N)SC(N)=[NH2+].CC(N)SC(N)=[NH2+].[I-].[I-]. The molecule has 16 heavy (non-hydrogen) atoms. The molecule has 0 aromatic carbocycles. The summed E-state index contributed by atoms with van der Waals surface area (Å²) in [7, 11) is 0. The second kappa shape index (κ2) is 16.0. The van der Waals surface area contributed by atoms with E-state index in [1.807, 2.05) is 13.8 Å². The lowest BCUT2D eigenvalue weighted by molar-refractivity contribution is -0.110. The number of hydrogen-bond acceptors (Lipinski definition) is 4. The molecule has 0 saturated heterocycles. The van der Waals surface area contributed by atoms with Crippen LogP contribution in [0.1, 0.15) is 13.8 Å². The standard InChI is InChI=1S/2C3H9N3S.2HI/c2*1-2(4)7-3(5)6;;/h2*2H,4H2,1H3,(H3,5,6);2*1H. The van der Waals surface area contributed by atoms with Gasteiger partial charge in [-0.3, -0.25) is 22.3 Å². The van der Waals surface area contributed by atoms with Crippen LogP contribution in [0.25, 0.3) is 0 Å². The van der Waals surface area contributed by atoms with Crippen molar-refractivity contribution in [3.63, 3.8) is 0 Å². The van der Waals surface area contributed by atoms with Gasteiger partial charge in [0.2, 0.25) is 0 Å². The van der Waals surface area contributed by atoms with E-state index in [4.69, 9.17) is 33.8 Å². The molecule has 0 aliphatic rings. The predicted octanol–water partition coefficient (Wildman–Crippen LogP) is -9.80. The summed E-state index contributed by atoms with van der Waals surface area (Å²) in [4.78, 5) is 0. The zero-order valence-electron chi connectivity index (χ0n) is 9.19. The van der Waals surface area contributed by atoms with Gasteiger partial charge in [0.15, 0.2) is 0 Å². The van der Waals surface area contributed by atoms with E-state index in [9.17, 15) is 0 Å². The van der Waals surface area contributed by atoms with Crippen LogP contribution in [0.15, 0.2) is 0 Å². The molecule has 10 heteroatoms. The largest absolute Gasteiger partial charge is 1.00 e. The van der Waals surface area contributed by atoms with Crippen molar-refractivity contribution in [3.05, 3.63) is 0 Å². The molecular weight excluding hydrogens is 474 g/mol. The van der Waals surface area contributed by atoms with Crippen LogP contribution < -0.4 is 81.7 Å². The van der Waals surface area contributed by atoms with Crippen molar-refractivity contribution in [1.29, 1.82) is 0 Å². The average molecular weight is 494 g/mol. The minimum atomic E-state index is 0. The molecule has 0 fully saturated rings. The molecule has 100 valence electrons. The minimum Gasteiger partial charge on any atom is -1.00 e. The number of thioether (sulfide) groups is 2. The second-order valence-corrected chi connectivity index (χ2v) is 5.35. The summed E-state index contributed by atoms with van der Waals surface area (Å²) in [6.07, 6.45) is 0. The molecular formula is C6H20I2N6S2. The van der Waals surface area contributed by atoms with Crippen LogP contribution in [0, 0.1) is 0 Å². The van der Waals surface area contributed by atoms with Gasteiger partial charge in [0, 0.05) is 0 Å². The van der Waals surface area contributed by atoms with Crippen LogP contribution in [-0.2, 0) is 0 Å². The molecule has 0 aliphatic heterocycles. The fraction of sp³-hybridized carbons (Fsp3) is 0.667. The third-order valence-corrected chi connectivity index (χ3v) is 1.93. The third kappa shape index (κ3) is 36.3. The predicted molar refractivity (Wildman–Crippen MR) is 64.7 cm³/mol. The van der Waals surface area contributed by atoms with Crippen LogP contribution in [0.2, 0.25) is 0 Å². The fourth-order valence-corrected chi connectivity index (χ4v) is 1.29. The monoisotopic (exact) mass is 494 g/mol. The lowest BCUT2D eigenvalue weighted by atomic mass is 10.8. The first-order chi connectivity index (χ1) is 6.25. The van der Waals surface area contributed by atoms with Crippen molar-refractivity contribution in [2.24, 2.45) is 22.9 Å². The highest BCUT2D eigenvalue weighted by Gasteiger charge is 1.99. The molecule has 0 spiro atoms. The topological polar surface area (TPSA) is 155 Å². The Morgan fingerprint density at radius 1 is 0.875 bits per heavy atom. The van der Waals surface area contributed by atoms with E-state index in [0.717, 1.165) is 0 Å². The number of halogens is 2. The van der Waals surface area contributed by atoms with Gasteiger partial charge in [-0.1, -0.05) is 0 Å². The zero-order valence-corrected chi connectivity index (χ0v) is 15.1. The Kier molecular flexibility index (Phi) is 25.8. The summed E-state index contributed by atoms with van der Waals surface area (Å²) < 4.78 is 0. The van der Waals surface area contributed by atoms with Crippen LogP contribution in [0.3, 0.4) is 0 Å². The van der Waals surface area contributed by atoms with Crippen molar-refractivity contribution in [2.75, 3.05) is 0 Å². The highest BCUT2D eigenvalue weighted by Crippen LogP contribution is 1.98. The molecule has 0 amide bonds. The Morgan fingerprint density at radius 2 is 1.06 bits per heavy atom. The van der Waals surface area contributed by atoms with Gasteiger partial charge in [-0.15, -0.1) is 0 Å². The van der Waals surface area contributed by atoms with Gasteiger partial charge in [-0.2, -0.15) is 0 Å². The first kappa shape index (κ1) is 25.8. The van der Waals surface area contributed by atoms with Gasteiger partial charge in [-0.05, 0) is 37.4 Å². The number of rotatable bonds is 2. The lowest BCUT2D eigenvalue weighted by Gasteiger charge is -1.94. The van der Waals surface area contributed by atoms with Crippen molar-refractivity contribution >= 4 is 33.9 Å². The average Bonchev–Trinajstić information content (AvgIpc) is 1.79. The molecule has 6 nitrogen and oxygen atoms in total. The fourth-order valence-electron chi connectivity index (χ4n) is 0.429. The molecule has 0 aromatic heterocycles. The Morgan fingerprint density at radius 3 is 1.06 bits per heavy atom. The van der Waals surface area contributed by atoms with E-state index in [-0.39, 0.29) is 58.7 Å². The normalized spacial score (nSPS) is 11.8. The Balaban J connectivity index is -0.0000000800. The van der Waals surface area contributed by atoms with Gasteiger partial charge >= 0.3 is 10.3 Å². The molecule has 0 saturated carbocycles. The van der Waals surface area contributed by atoms with Crippen LogP contribution >= 0.6 is 23.5 Å². The van der Waals surface area contributed by atoms with E-state index in [2.05, 4.69) is 0 Å². The Hall–Kier alpha value is 1.02. The third-order valence-electron chi connectivity index (χ3n) is 0.644. The number of amidine groups is 2. The number of nitrogens with two attached hydrogens (primary N) is 6. The van der Waals surface area contributed by atoms with Crippen molar-refractivity contribution in [1.82, 2.24) is 0 Å². The minimum absolute atomic E-state index is 0. The molecule has 0 aromatic rings. The first-order valence-corrected chi connectivity index (χ1v) is 5.62. The van der Waals surface area contributed by atoms with Crippen LogP contribution in [-0.4, -0.2) is 21.1 Å². The van der Waals surface area contributed by atoms with Gasteiger partial charge in [0.1, 0.15) is 0 Å². The smallest absolute Gasteiger partial charge is 0.301 e. The van der Waals surface area contributed by atoms with Crippen LogP contribution in [0.4, 0.5) is 0 Å². The second-order valence-electron chi connectivity index (χ2n) is 2.45. The van der Waals surface area contributed by atoms with Crippen molar-refractivity contribution in [3.8, 4) is 0 Å². The molecule has 0 rings (SSSR count). The van der Waals surface area contributed by atoms with E-state index in [1.54, 1.807) is 0 Å². The maximum absolute atomic E-state index is 5.28. The highest BCUT2D eigenvalue weighted by atomic mass is 127. The van der Waals surface area contributed by atoms with Gasteiger partial charge in [0.25, 0.3) is 0 Å². The van der Waals surface area contributed by atoms with Gasteiger partial charge in [-0.25, -0.2) is 0 Å². The van der Waals surface area contributed by atoms with E-state index in [0.29, 0.717) is 10.3 Å². The molecule has 0 bridgehead atoms. The maximum atomic E-state index is 5.28. The lowest BCUT2D eigenvalue weighted by Crippen LogP contribution is -3.00. The summed E-state index contributed by atoms with van der Waals surface area (Å²) >= 11 is 2.52. The van der Waals surface area contributed by atoms with Crippen LogP contribution in [0.5, 0.6) is 0 Å². The summed E-state index contributed by atoms with van der Waals surface area (Å²) in [6.45, 7) is 3.65. The zero-order chi connectivity index (χ0) is 11.7.